The number of piperidine rings is 1. The number of likely N-dealkylation sites (N-methyl/N-ethyl adjacent to an activating group) is 1. The van der Waals surface area contributed by atoms with Crippen molar-refractivity contribution in [1.29, 1.82) is 0 Å². The molecule has 1 atom stereocenters. The van der Waals surface area contributed by atoms with Crippen molar-refractivity contribution in [2.45, 2.75) is 45.2 Å². The number of carbonyl (C=O) groups excluding carboxylic acids is 1. The standard InChI is InChI=1S/C12H23N3O5S/c1-9(2)13-11(16)8-14(3)21(19,20)15-7-5-4-6-10(15)12(17)18/h9-10H,4-8H2,1-3H3,(H,13,16)(H,17,18). The highest BCUT2D eigenvalue weighted by molar-refractivity contribution is 7.86. The molecule has 0 radical (unpaired) electrons. The molecular weight excluding hydrogens is 298 g/mol. The van der Waals surface area contributed by atoms with E-state index in [1.165, 1.54) is 7.05 Å². The van der Waals surface area contributed by atoms with Gasteiger partial charge in [-0.25, -0.2) is 0 Å². The van der Waals surface area contributed by atoms with Gasteiger partial charge in [-0.2, -0.15) is 17.0 Å². The van der Waals surface area contributed by atoms with Crippen LogP contribution in [0.2, 0.25) is 0 Å². The maximum absolute atomic E-state index is 12.4. The highest BCUT2D eigenvalue weighted by atomic mass is 32.2. The maximum Gasteiger partial charge on any atom is 0.322 e. The molecule has 0 saturated carbocycles. The quantitative estimate of drug-likeness (QED) is 0.694. The van der Waals surface area contributed by atoms with E-state index in [2.05, 4.69) is 5.32 Å². The van der Waals surface area contributed by atoms with Gasteiger partial charge >= 0.3 is 5.97 Å². The van der Waals surface area contributed by atoms with Crippen LogP contribution >= 0.6 is 0 Å². The van der Waals surface area contributed by atoms with Gasteiger partial charge in [-0.1, -0.05) is 0 Å². The SMILES string of the molecule is CC(C)NC(=O)CN(C)S(=O)(=O)N1CCCCC1C(=O)O. The van der Waals surface area contributed by atoms with Gasteiger partial charge in [0, 0.05) is 19.6 Å². The minimum absolute atomic E-state index is 0.0876. The lowest BCUT2D eigenvalue weighted by Gasteiger charge is -2.34. The lowest BCUT2D eigenvalue weighted by molar-refractivity contribution is -0.142. The van der Waals surface area contributed by atoms with Gasteiger partial charge in [0.1, 0.15) is 6.04 Å². The van der Waals surface area contributed by atoms with E-state index < -0.39 is 28.1 Å². The van der Waals surface area contributed by atoms with E-state index in [1.807, 2.05) is 0 Å². The average molecular weight is 321 g/mol. The molecule has 1 rings (SSSR count). The molecule has 21 heavy (non-hydrogen) atoms. The number of amides is 1. The third-order valence-electron chi connectivity index (χ3n) is 3.24. The predicted octanol–water partition coefficient (Wildman–Crippen LogP) is -0.373. The normalized spacial score (nSPS) is 20.7. The summed E-state index contributed by atoms with van der Waals surface area (Å²) < 4.78 is 26.7. The predicted molar refractivity (Wildman–Crippen MR) is 76.8 cm³/mol. The number of nitrogens with zero attached hydrogens (tertiary/aromatic N) is 2. The van der Waals surface area contributed by atoms with Crippen molar-refractivity contribution in [3.63, 3.8) is 0 Å². The monoisotopic (exact) mass is 321 g/mol. The lowest BCUT2D eigenvalue weighted by atomic mass is 10.1. The fourth-order valence-corrected chi connectivity index (χ4v) is 3.77. The maximum atomic E-state index is 12.4. The molecule has 0 aromatic heterocycles. The summed E-state index contributed by atoms with van der Waals surface area (Å²) in [6.45, 7) is 3.38. The van der Waals surface area contributed by atoms with Gasteiger partial charge in [-0.15, -0.1) is 0 Å². The topological polar surface area (TPSA) is 107 Å². The third-order valence-corrected chi connectivity index (χ3v) is 5.19. The lowest BCUT2D eigenvalue weighted by Crippen LogP contribution is -2.54. The molecule has 1 amide bonds. The van der Waals surface area contributed by atoms with Crippen LogP contribution in [0.25, 0.3) is 0 Å². The molecule has 8 nitrogen and oxygen atoms in total. The van der Waals surface area contributed by atoms with Crippen LogP contribution in [0.5, 0.6) is 0 Å². The van der Waals surface area contributed by atoms with Crippen LogP contribution in [0.15, 0.2) is 0 Å². The molecule has 1 saturated heterocycles. The van der Waals surface area contributed by atoms with Gasteiger partial charge in [0.2, 0.25) is 5.91 Å². The molecule has 1 aliphatic rings. The summed E-state index contributed by atoms with van der Waals surface area (Å²) >= 11 is 0. The van der Waals surface area contributed by atoms with Crippen LogP contribution < -0.4 is 5.32 Å². The van der Waals surface area contributed by atoms with E-state index in [4.69, 9.17) is 5.11 Å². The fourth-order valence-electron chi connectivity index (χ4n) is 2.26. The largest absolute Gasteiger partial charge is 0.480 e. The first-order valence-electron chi connectivity index (χ1n) is 6.91. The molecule has 1 fully saturated rings. The van der Waals surface area contributed by atoms with Crippen molar-refractivity contribution in [3.05, 3.63) is 0 Å². The second kappa shape index (κ2) is 7.19. The summed E-state index contributed by atoms with van der Waals surface area (Å²) in [5.41, 5.74) is 0. The minimum Gasteiger partial charge on any atom is -0.480 e. The van der Waals surface area contributed by atoms with E-state index >= 15 is 0 Å². The van der Waals surface area contributed by atoms with E-state index in [-0.39, 0.29) is 19.1 Å². The molecule has 0 bridgehead atoms. The summed E-state index contributed by atoms with van der Waals surface area (Å²) in [6, 6.07) is -1.14. The summed E-state index contributed by atoms with van der Waals surface area (Å²) in [6.07, 6.45) is 1.59. The number of nitrogens with one attached hydrogen (secondary N) is 1. The van der Waals surface area contributed by atoms with Crippen LogP contribution in [-0.4, -0.2) is 66.2 Å². The summed E-state index contributed by atoms with van der Waals surface area (Å²) in [4.78, 5) is 22.9. The smallest absolute Gasteiger partial charge is 0.322 e. The molecule has 2 N–H and O–H groups in total. The molecule has 0 aliphatic carbocycles. The second-order valence-corrected chi connectivity index (χ2v) is 7.43. The Hall–Kier alpha value is -1.19. The Morgan fingerprint density at radius 2 is 2.00 bits per heavy atom. The molecule has 122 valence electrons. The van der Waals surface area contributed by atoms with Crippen molar-refractivity contribution in [1.82, 2.24) is 13.9 Å². The highest BCUT2D eigenvalue weighted by Crippen LogP contribution is 2.22. The van der Waals surface area contributed by atoms with Crippen molar-refractivity contribution >= 4 is 22.1 Å². The number of hydrogen-bond donors (Lipinski definition) is 2. The number of rotatable bonds is 6. The summed E-state index contributed by atoms with van der Waals surface area (Å²) in [5, 5.41) is 11.8. The Balaban J connectivity index is 2.82. The second-order valence-electron chi connectivity index (χ2n) is 5.45. The Morgan fingerprint density at radius 3 is 2.52 bits per heavy atom. The van der Waals surface area contributed by atoms with Crippen LogP contribution in [0.3, 0.4) is 0 Å². The molecule has 0 aromatic carbocycles. The molecule has 0 aromatic rings. The molecule has 1 unspecified atom stereocenters. The first-order valence-corrected chi connectivity index (χ1v) is 8.31. The minimum atomic E-state index is -3.96. The van der Waals surface area contributed by atoms with Gasteiger partial charge in [0.15, 0.2) is 0 Å². The Morgan fingerprint density at radius 1 is 1.38 bits per heavy atom. The molecular formula is C12H23N3O5S. The molecule has 1 heterocycles. The van der Waals surface area contributed by atoms with Gasteiger partial charge in [-0.05, 0) is 33.1 Å². The van der Waals surface area contributed by atoms with Crippen LogP contribution in [-0.2, 0) is 19.8 Å². The van der Waals surface area contributed by atoms with Crippen LogP contribution in [0.4, 0.5) is 0 Å². The summed E-state index contributed by atoms with van der Waals surface area (Å²) in [5.74, 6) is -1.57. The van der Waals surface area contributed by atoms with Gasteiger partial charge in [0.05, 0.1) is 6.54 Å². The van der Waals surface area contributed by atoms with Crippen LogP contribution in [0, 0.1) is 0 Å². The van der Waals surface area contributed by atoms with Gasteiger partial charge in [0.25, 0.3) is 10.2 Å². The van der Waals surface area contributed by atoms with E-state index in [9.17, 15) is 18.0 Å². The van der Waals surface area contributed by atoms with Gasteiger partial charge < -0.3 is 10.4 Å². The number of carboxylic acid groups (broad SMARTS) is 1. The first kappa shape index (κ1) is 17.9. The summed E-state index contributed by atoms with van der Waals surface area (Å²) in [7, 11) is -2.68. The van der Waals surface area contributed by atoms with Crippen molar-refractivity contribution in [2.24, 2.45) is 0 Å². The van der Waals surface area contributed by atoms with Gasteiger partial charge in [-0.3, -0.25) is 9.59 Å². The number of carbonyl (C=O) groups is 2. The zero-order valence-corrected chi connectivity index (χ0v) is 13.4. The average Bonchev–Trinajstić information content (AvgIpc) is 2.37. The highest BCUT2D eigenvalue weighted by Gasteiger charge is 2.39. The van der Waals surface area contributed by atoms with Crippen molar-refractivity contribution in [2.75, 3.05) is 20.1 Å². The number of hydrogen-bond acceptors (Lipinski definition) is 4. The first-order chi connectivity index (χ1) is 9.66. The Labute approximate surface area is 125 Å². The third kappa shape index (κ3) is 4.65. The van der Waals surface area contributed by atoms with E-state index in [1.54, 1.807) is 13.8 Å². The van der Waals surface area contributed by atoms with Crippen LogP contribution in [0.1, 0.15) is 33.1 Å². The van der Waals surface area contributed by atoms with E-state index in [0.29, 0.717) is 19.3 Å². The Bertz CT molecular complexity index is 491. The fraction of sp³-hybridized carbons (Fsp3) is 0.833. The molecule has 1 aliphatic heterocycles. The molecule has 9 heteroatoms. The van der Waals surface area contributed by atoms with Crippen molar-refractivity contribution in [3.8, 4) is 0 Å². The zero-order chi connectivity index (χ0) is 16.2. The number of carboxylic acids is 1. The Kier molecular flexibility index (Phi) is 6.11. The number of aliphatic carboxylic acids is 1. The molecule has 0 spiro atoms. The zero-order valence-electron chi connectivity index (χ0n) is 12.6. The van der Waals surface area contributed by atoms with E-state index in [0.717, 1.165) is 8.61 Å². The van der Waals surface area contributed by atoms with Crippen molar-refractivity contribution < 1.29 is 23.1 Å².